The summed E-state index contributed by atoms with van der Waals surface area (Å²) in [6.45, 7) is 1.98. The Labute approximate surface area is 277 Å². The second kappa shape index (κ2) is 14.0. The number of aliphatic carboxylic acids is 1. The molecule has 2 aliphatic rings. The standard InChI is InChI=1S/C35H35ClN6O5/c1-47-25-13-15-41(20-25)32-18-30-27(19-38-32)26(33(43)40-37)17-29(39-30)23-9-6-21(7-10-23)5-8-22-11-12-24(16-28(22)36)34(44)42-14-3-2-4-31(42)35(45)46/h6-7,9-12,16-19,25,31,33,40,43H,2-4,13-15,20,37H2,1H3,(H,45,46)/t25?,31-,33?/m0/s1. The Morgan fingerprint density at radius 1 is 1.09 bits per heavy atom. The van der Waals surface area contributed by atoms with E-state index in [-0.39, 0.29) is 12.0 Å². The van der Waals surface area contributed by atoms with Gasteiger partial charge in [-0.05, 0) is 62.1 Å². The number of carboxylic acid groups (broad SMARTS) is 1. The maximum Gasteiger partial charge on any atom is 0.326 e. The van der Waals surface area contributed by atoms with Crippen molar-refractivity contribution >= 4 is 40.2 Å². The zero-order chi connectivity index (χ0) is 33.1. The number of aliphatic hydroxyl groups excluding tert-OH is 1. The number of hydrazine groups is 1. The molecular weight excluding hydrogens is 620 g/mol. The molecule has 2 aliphatic heterocycles. The lowest BCUT2D eigenvalue weighted by atomic mass is 10.0. The molecule has 4 heterocycles. The van der Waals surface area contributed by atoms with Crippen molar-refractivity contribution in [1.29, 1.82) is 0 Å². The fraction of sp³-hybridized carbons (Fsp3) is 0.314. The highest BCUT2D eigenvalue weighted by Gasteiger charge is 2.32. The third kappa shape index (κ3) is 6.93. The zero-order valence-electron chi connectivity index (χ0n) is 25.8. The predicted octanol–water partition coefficient (Wildman–Crippen LogP) is 4.11. The molecule has 5 N–H and O–H groups in total. The lowest BCUT2D eigenvalue weighted by molar-refractivity contribution is -0.143. The molecule has 1 amide bonds. The molecule has 47 heavy (non-hydrogen) atoms. The summed E-state index contributed by atoms with van der Waals surface area (Å²) < 4.78 is 5.51. The Hall–Kier alpha value is -4.57. The topological polar surface area (TPSA) is 154 Å². The van der Waals surface area contributed by atoms with Crippen molar-refractivity contribution in [2.45, 2.75) is 44.1 Å². The summed E-state index contributed by atoms with van der Waals surface area (Å²) in [7, 11) is 1.72. The second-order valence-corrected chi connectivity index (χ2v) is 12.1. The number of amides is 1. The monoisotopic (exact) mass is 654 g/mol. The van der Waals surface area contributed by atoms with E-state index in [4.69, 9.17) is 27.2 Å². The number of nitrogens with zero attached hydrogens (tertiary/aromatic N) is 4. The number of piperidine rings is 1. The van der Waals surface area contributed by atoms with Gasteiger partial charge in [-0.2, -0.15) is 0 Å². The van der Waals surface area contributed by atoms with E-state index in [1.807, 2.05) is 30.3 Å². The zero-order valence-corrected chi connectivity index (χ0v) is 26.6. The number of hydrogen-bond acceptors (Lipinski definition) is 9. The van der Waals surface area contributed by atoms with Gasteiger partial charge >= 0.3 is 5.97 Å². The molecule has 2 aromatic carbocycles. The lowest BCUT2D eigenvalue weighted by Gasteiger charge is -2.33. The maximum absolute atomic E-state index is 13.1. The van der Waals surface area contributed by atoms with E-state index in [1.165, 1.54) is 4.90 Å². The van der Waals surface area contributed by atoms with Gasteiger partial charge in [-0.3, -0.25) is 10.6 Å². The molecule has 0 radical (unpaired) electrons. The molecular formula is C35H35ClN6O5. The third-order valence-corrected chi connectivity index (χ3v) is 9.07. The maximum atomic E-state index is 13.1. The first-order valence-electron chi connectivity index (χ1n) is 15.4. The van der Waals surface area contributed by atoms with Crippen LogP contribution in [0.2, 0.25) is 5.02 Å². The van der Waals surface area contributed by atoms with E-state index in [0.29, 0.717) is 51.3 Å². The number of hydrogen-bond donors (Lipinski definition) is 4. The van der Waals surface area contributed by atoms with Crippen molar-refractivity contribution in [2.24, 2.45) is 5.84 Å². The number of nitrogens with one attached hydrogen (secondary N) is 1. The summed E-state index contributed by atoms with van der Waals surface area (Å²) in [5.41, 5.74) is 6.73. The normalized spacial score (nSPS) is 18.6. The van der Waals surface area contributed by atoms with Crippen LogP contribution < -0.4 is 16.2 Å². The first kappa shape index (κ1) is 32.4. The number of aliphatic hydroxyl groups is 1. The Morgan fingerprint density at radius 3 is 2.60 bits per heavy atom. The molecule has 242 valence electrons. The number of pyridine rings is 2. The van der Waals surface area contributed by atoms with Crippen molar-refractivity contribution < 1.29 is 24.5 Å². The van der Waals surface area contributed by atoms with Crippen LogP contribution in [0.4, 0.5) is 5.82 Å². The average molecular weight is 655 g/mol. The van der Waals surface area contributed by atoms with E-state index < -0.39 is 18.2 Å². The largest absolute Gasteiger partial charge is 0.480 e. The SMILES string of the molecule is COC1CCN(c2cc3nc(-c4ccc(C#Cc5ccc(C(=O)N6CCCC[C@H]6C(=O)O)cc5Cl)cc4)cc(C(O)NN)c3cn2)C1. The fourth-order valence-corrected chi connectivity index (χ4v) is 6.34. The molecule has 2 saturated heterocycles. The molecule has 0 bridgehead atoms. The summed E-state index contributed by atoms with van der Waals surface area (Å²) in [5.74, 6) is 11.2. The number of benzene rings is 2. The number of rotatable bonds is 7. The molecule has 0 aliphatic carbocycles. The number of fused-ring (bicyclic) bond motifs is 1. The fourth-order valence-electron chi connectivity index (χ4n) is 6.11. The Balaban J connectivity index is 1.23. The van der Waals surface area contributed by atoms with Crippen molar-refractivity contribution in [3.05, 3.63) is 88.1 Å². The predicted molar refractivity (Wildman–Crippen MR) is 179 cm³/mol. The van der Waals surface area contributed by atoms with Crippen LogP contribution >= 0.6 is 11.6 Å². The van der Waals surface area contributed by atoms with E-state index in [9.17, 15) is 19.8 Å². The Morgan fingerprint density at radius 2 is 1.89 bits per heavy atom. The van der Waals surface area contributed by atoms with Crippen LogP contribution in [0.5, 0.6) is 0 Å². The molecule has 2 unspecified atom stereocenters. The average Bonchev–Trinajstić information content (AvgIpc) is 3.59. The van der Waals surface area contributed by atoms with Gasteiger partial charge in [0.15, 0.2) is 0 Å². The number of aromatic nitrogens is 2. The van der Waals surface area contributed by atoms with Crippen LogP contribution in [-0.4, -0.2) is 75.8 Å². The van der Waals surface area contributed by atoms with Crippen LogP contribution in [0.3, 0.4) is 0 Å². The Bertz CT molecular complexity index is 1870. The molecule has 4 aromatic rings. The summed E-state index contributed by atoms with van der Waals surface area (Å²) >= 11 is 6.50. The number of methoxy groups -OCH3 is 1. The van der Waals surface area contributed by atoms with Gasteiger partial charge in [-0.1, -0.05) is 35.6 Å². The number of carbonyl (C=O) groups is 2. The molecule has 12 heteroatoms. The molecule has 0 spiro atoms. The summed E-state index contributed by atoms with van der Waals surface area (Å²) in [6.07, 6.45) is 3.66. The van der Waals surface area contributed by atoms with Crippen LogP contribution in [0.25, 0.3) is 22.2 Å². The van der Waals surface area contributed by atoms with Gasteiger partial charge in [-0.25, -0.2) is 20.2 Å². The highest BCUT2D eigenvalue weighted by Crippen LogP contribution is 2.31. The second-order valence-electron chi connectivity index (χ2n) is 11.7. The van der Waals surface area contributed by atoms with Gasteiger partial charge in [0.2, 0.25) is 0 Å². The van der Waals surface area contributed by atoms with Gasteiger partial charge in [0.25, 0.3) is 5.91 Å². The molecule has 0 saturated carbocycles. The summed E-state index contributed by atoms with van der Waals surface area (Å²) in [6, 6.07) is 15.3. The van der Waals surface area contributed by atoms with Gasteiger partial charge in [0, 0.05) is 72.2 Å². The van der Waals surface area contributed by atoms with Crippen molar-refractivity contribution in [3.63, 3.8) is 0 Å². The highest BCUT2D eigenvalue weighted by molar-refractivity contribution is 6.32. The number of ether oxygens (including phenoxy) is 1. The molecule has 3 atom stereocenters. The van der Waals surface area contributed by atoms with Crippen LogP contribution in [0, 0.1) is 11.8 Å². The van der Waals surface area contributed by atoms with Gasteiger partial charge in [0.05, 0.1) is 22.3 Å². The molecule has 11 nitrogen and oxygen atoms in total. The first-order valence-corrected chi connectivity index (χ1v) is 15.8. The molecule has 6 rings (SSSR count). The Kier molecular flexibility index (Phi) is 9.68. The van der Waals surface area contributed by atoms with E-state index in [0.717, 1.165) is 49.3 Å². The van der Waals surface area contributed by atoms with Gasteiger partial charge in [0.1, 0.15) is 18.1 Å². The molecule has 2 aromatic heterocycles. The lowest BCUT2D eigenvalue weighted by Crippen LogP contribution is -2.47. The number of anilines is 1. The van der Waals surface area contributed by atoms with Crippen LogP contribution in [0.15, 0.2) is 60.8 Å². The quantitative estimate of drug-likeness (QED) is 0.0991. The minimum absolute atomic E-state index is 0.157. The smallest absolute Gasteiger partial charge is 0.326 e. The van der Waals surface area contributed by atoms with Crippen LogP contribution in [-0.2, 0) is 9.53 Å². The number of carboxylic acids is 1. The molecule has 2 fully saturated rings. The highest BCUT2D eigenvalue weighted by atomic mass is 35.5. The summed E-state index contributed by atoms with van der Waals surface area (Å²) in [5, 5.41) is 21.2. The van der Waals surface area contributed by atoms with Crippen molar-refractivity contribution in [1.82, 2.24) is 20.3 Å². The number of carbonyl (C=O) groups excluding carboxylic acids is 1. The minimum atomic E-state index is -1.12. The van der Waals surface area contributed by atoms with Gasteiger partial charge in [-0.15, -0.1) is 0 Å². The van der Waals surface area contributed by atoms with Crippen molar-refractivity contribution in [3.8, 4) is 23.1 Å². The van der Waals surface area contributed by atoms with E-state index in [2.05, 4.69) is 27.2 Å². The first-order chi connectivity index (χ1) is 22.7. The number of halogens is 1. The number of likely N-dealkylation sites (tertiary alicyclic amines) is 1. The van der Waals surface area contributed by atoms with Gasteiger partial charge < -0.3 is 24.7 Å². The van der Waals surface area contributed by atoms with Crippen LogP contribution in [0.1, 0.15) is 59.0 Å². The minimum Gasteiger partial charge on any atom is -0.480 e. The van der Waals surface area contributed by atoms with E-state index in [1.54, 1.807) is 37.6 Å². The third-order valence-electron chi connectivity index (χ3n) is 8.75. The van der Waals surface area contributed by atoms with Crippen molar-refractivity contribution in [2.75, 3.05) is 31.6 Å². The van der Waals surface area contributed by atoms with E-state index >= 15 is 0 Å². The number of nitrogens with two attached hydrogens (primary N) is 1. The summed E-state index contributed by atoms with van der Waals surface area (Å²) in [4.78, 5) is 37.8.